The van der Waals surface area contributed by atoms with E-state index in [1.807, 2.05) is 6.07 Å². The molecule has 2 aromatic carbocycles. The van der Waals surface area contributed by atoms with E-state index in [1.54, 1.807) is 39.8 Å². The highest BCUT2D eigenvalue weighted by atomic mass is 19.4. The van der Waals surface area contributed by atoms with Gasteiger partial charge >= 0.3 is 6.36 Å². The van der Waals surface area contributed by atoms with Gasteiger partial charge in [0.15, 0.2) is 11.6 Å². The first-order valence-electron chi connectivity index (χ1n) is 10.7. The Morgan fingerprint density at radius 3 is 1.85 bits per heavy atom. The van der Waals surface area contributed by atoms with Crippen molar-refractivity contribution in [3.63, 3.8) is 0 Å². The summed E-state index contributed by atoms with van der Waals surface area (Å²) < 4.78 is 52.6. The van der Waals surface area contributed by atoms with Crippen molar-refractivity contribution in [2.45, 2.75) is 69.9 Å². The van der Waals surface area contributed by atoms with E-state index >= 15 is 0 Å². The van der Waals surface area contributed by atoms with Crippen LogP contribution in [0.15, 0.2) is 42.5 Å². The van der Waals surface area contributed by atoms with Gasteiger partial charge in [0.2, 0.25) is 0 Å². The minimum Gasteiger partial charge on any atom is -0.457 e. The summed E-state index contributed by atoms with van der Waals surface area (Å²) in [6, 6.07) is 10.3. The summed E-state index contributed by atoms with van der Waals surface area (Å²) in [5.41, 5.74) is -0.717. The molecule has 0 bridgehead atoms. The molecule has 2 aliphatic rings. The Bertz CT molecular complexity index is 1060. The monoisotopic (exact) mass is 462 g/mol. The van der Waals surface area contributed by atoms with Crippen LogP contribution in [0.1, 0.15) is 63.5 Å². The standard InChI is InChI=1S/C25H25F3O5/c1-23(2)21(29)20(22(30)24(3,4)33-23)19-13-17(11-12-18(19)14-5-6-14)31-15-7-9-16(10-8-15)32-25(26,27)28/h7-14,20H,5-6H2,1-4H3. The van der Waals surface area contributed by atoms with Crippen molar-refractivity contribution in [1.82, 2.24) is 0 Å². The Balaban J connectivity index is 1.67. The van der Waals surface area contributed by atoms with Crippen molar-refractivity contribution < 1.29 is 37.0 Å². The average Bonchev–Trinajstić information content (AvgIpc) is 3.52. The predicted molar refractivity (Wildman–Crippen MR) is 114 cm³/mol. The van der Waals surface area contributed by atoms with E-state index in [-0.39, 0.29) is 23.2 Å². The third-order valence-electron chi connectivity index (χ3n) is 5.90. The summed E-state index contributed by atoms with van der Waals surface area (Å²) >= 11 is 0. The van der Waals surface area contributed by atoms with Crippen LogP contribution in [0.25, 0.3) is 0 Å². The molecule has 176 valence electrons. The van der Waals surface area contributed by atoms with E-state index < -0.39 is 23.5 Å². The van der Waals surface area contributed by atoms with E-state index in [2.05, 4.69) is 4.74 Å². The molecular weight excluding hydrogens is 437 g/mol. The maximum absolute atomic E-state index is 13.3. The second-order valence-electron chi connectivity index (χ2n) is 9.47. The van der Waals surface area contributed by atoms with Crippen LogP contribution < -0.4 is 9.47 Å². The van der Waals surface area contributed by atoms with Crippen molar-refractivity contribution in [3.8, 4) is 17.2 Å². The number of rotatable bonds is 5. The van der Waals surface area contributed by atoms with Crippen LogP contribution in [0.5, 0.6) is 17.2 Å². The molecule has 1 saturated heterocycles. The molecule has 0 unspecified atom stereocenters. The summed E-state index contributed by atoms with van der Waals surface area (Å²) in [5.74, 6) is -1.00. The van der Waals surface area contributed by atoms with Gasteiger partial charge in [-0.2, -0.15) is 0 Å². The van der Waals surface area contributed by atoms with E-state index in [0.717, 1.165) is 30.5 Å². The third-order valence-corrected chi connectivity index (χ3v) is 5.90. The van der Waals surface area contributed by atoms with Crippen LogP contribution >= 0.6 is 0 Å². The fourth-order valence-corrected chi connectivity index (χ4v) is 4.31. The highest BCUT2D eigenvalue weighted by Gasteiger charge is 2.53. The van der Waals surface area contributed by atoms with Crippen molar-refractivity contribution in [1.29, 1.82) is 0 Å². The second kappa shape index (κ2) is 7.87. The van der Waals surface area contributed by atoms with Gasteiger partial charge in [-0.05, 0) is 94.0 Å². The van der Waals surface area contributed by atoms with Crippen molar-refractivity contribution in [2.75, 3.05) is 0 Å². The Labute approximate surface area is 189 Å². The normalized spacial score (nSPS) is 20.6. The number of carbonyl (C=O) groups is 2. The third kappa shape index (κ3) is 4.90. The molecule has 33 heavy (non-hydrogen) atoms. The lowest BCUT2D eigenvalue weighted by molar-refractivity contribution is -0.274. The lowest BCUT2D eigenvalue weighted by atomic mass is 9.73. The SMILES string of the molecule is CC1(C)OC(C)(C)C(=O)C(c2cc(Oc3ccc(OC(F)(F)F)cc3)ccc2C2CC2)C1=O. The van der Waals surface area contributed by atoms with Crippen LogP contribution in [0.4, 0.5) is 13.2 Å². The molecule has 1 aliphatic carbocycles. The molecule has 0 spiro atoms. The summed E-state index contributed by atoms with van der Waals surface area (Å²) in [5, 5.41) is 0. The van der Waals surface area contributed by atoms with Crippen molar-refractivity contribution in [2.24, 2.45) is 0 Å². The van der Waals surface area contributed by atoms with Crippen LogP contribution in [0, 0.1) is 0 Å². The molecule has 8 heteroatoms. The number of benzene rings is 2. The smallest absolute Gasteiger partial charge is 0.457 e. The molecule has 0 aromatic heterocycles. The minimum absolute atomic E-state index is 0.280. The minimum atomic E-state index is -4.78. The average molecular weight is 462 g/mol. The van der Waals surface area contributed by atoms with Crippen molar-refractivity contribution >= 4 is 11.6 Å². The number of hydrogen-bond acceptors (Lipinski definition) is 5. The molecule has 4 rings (SSSR count). The number of halogens is 3. The molecule has 1 aliphatic heterocycles. The molecule has 0 amide bonds. The molecular formula is C25H25F3O5. The van der Waals surface area contributed by atoms with Gasteiger partial charge in [-0.25, -0.2) is 0 Å². The van der Waals surface area contributed by atoms with E-state index in [9.17, 15) is 22.8 Å². The Hall–Kier alpha value is -2.87. The zero-order valence-electron chi connectivity index (χ0n) is 18.8. The highest BCUT2D eigenvalue weighted by Crippen LogP contribution is 2.47. The number of hydrogen-bond donors (Lipinski definition) is 0. The van der Waals surface area contributed by atoms with E-state index in [1.165, 1.54) is 12.1 Å². The van der Waals surface area contributed by atoms with Gasteiger partial charge in [-0.1, -0.05) is 6.07 Å². The maximum Gasteiger partial charge on any atom is 0.573 e. The van der Waals surface area contributed by atoms with Gasteiger partial charge in [0.1, 0.15) is 34.4 Å². The fraction of sp³-hybridized carbons (Fsp3) is 0.440. The Morgan fingerprint density at radius 2 is 1.33 bits per heavy atom. The maximum atomic E-state index is 13.3. The number of carbonyl (C=O) groups excluding carboxylic acids is 2. The Morgan fingerprint density at radius 1 is 0.818 bits per heavy atom. The van der Waals surface area contributed by atoms with Crippen molar-refractivity contribution in [3.05, 3.63) is 53.6 Å². The van der Waals surface area contributed by atoms with Gasteiger partial charge < -0.3 is 14.2 Å². The zero-order valence-corrected chi connectivity index (χ0v) is 18.8. The zero-order chi connectivity index (χ0) is 24.2. The van der Waals surface area contributed by atoms with Crippen LogP contribution in [-0.4, -0.2) is 29.1 Å². The molecule has 0 atom stereocenters. The van der Waals surface area contributed by atoms with Gasteiger partial charge in [-0.15, -0.1) is 13.2 Å². The number of ketones is 2. The fourth-order valence-electron chi connectivity index (χ4n) is 4.31. The molecule has 2 aromatic rings. The Kier molecular flexibility index (Phi) is 5.55. The predicted octanol–water partition coefficient (Wildman–Crippen LogP) is 6.06. The topological polar surface area (TPSA) is 61.8 Å². The second-order valence-corrected chi connectivity index (χ2v) is 9.47. The summed E-state index contributed by atoms with van der Waals surface area (Å²) in [4.78, 5) is 26.5. The van der Waals surface area contributed by atoms with Crippen LogP contribution in [0.3, 0.4) is 0 Å². The summed E-state index contributed by atoms with van der Waals surface area (Å²) in [6.07, 6.45) is -2.82. The lowest BCUT2D eigenvalue weighted by Gasteiger charge is -2.43. The van der Waals surface area contributed by atoms with E-state index in [0.29, 0.717) is 17.1 Å². The molecule has 1 saturated carbocycles. The van der Waals surface area contributed by atoms with Gasteiger partial charge in [0, 0.05) is 0 Å². The van der Waals surface area contributed by atoms with Gasteiger partial charge in [-0.3, -0.25) is 9.59 Å². The van der Waals surface area contributed by atoms with Crippen LogP contribution in [0.2, 0.25) is 0 Å². The van der Waals surface area contributed by atoms with Crippen LogP contribution in [-0.2, 0) is 14.3 Å². The lowest BCUT2D eigenvalue weighted by Crippen LogP contribution is -2.58. The molecule has 0 radical (unpaired) electrons. The first-order valence-corrected chi connectivity index (χ1v) is 10.7. The summed E-state index contributed by atoms with van der Waals surface area (Å²) in [7, 11) is 0. The quantitative estimate of drug-likeness (QED) is 0.505. The molecule has 1 heterocycles. The van der Waals surface area contributed by atoms with E-state index in [4.69, 9.17) is 9.47 Å². The number of alkyl halides is 3. The molecule has 2 fully saturated rings. The van der Waals surface area contributed by atoms with Gasteiger partial charge in [0.25, 0.3) is 0 Å². The number of ether oxygens (including phenoxy) is 3. The largest absolute Gasteiger partial charge is 0.573 e. The first-order chi connectivity index (χ1) is 15.3. The highest BCUT2D eigenvalue weighted by molar-refractivity contribution is 6.15. The first kappa shape index (κ1) is 23.3. The molecule has 5 nitrogen and oxygen atoms in total. The summed E-state index contributed by atoms with van der Waals surface area (Å²) in [6.45, 7) is 6.66. The molecule has 0 N–H and O–H groups in total. The number of Topliss-reactive ketones (excluding diaryl/α,β-unsaturated/α-hetero) is 2. The van der Waals surface area contributed by atoms with Gasteiger partial charge in [0.05, 0.1) is 0 Å².